The number of hydrogen-bond acceptors (Lipinski definition) is 2. The summed E-state index contributed by atoms with van der Waals surface area (Å²) in [6.45, 7) is 4.65. The van der Waals surface area contributed by atoms with Gasteiger partial charge in [0, 0.05) is 6.42 Å². The van der Waals surface area contributed by atoms with Gasteiger partial charge >= 0.3 is 0 Å². The van der Waals surface area contributed by atoms with Gasteiger partial charge in [0.15, 0.2) is 0 Å². The van der Waals surface area contributed by atoms with E-state index in [4.69, 9.17) is 4.74 Å². The lowest BCUT2D eigenvalue weighted by Gasteiger charge is -2.17. The highest BCUT2D eigenvalue weighted by atomic mass is 79.9. The molecule has 1 aliphatic rings. The molecular weight excluding hydrogens is 218 g/mol. The maximum atomic E-state index is 5.40. The van der Waals surface area contributed by atoms with Crippen LogP contribution < -0.4 is 4.74 Å². The lowest BCUT2D eigenvalue weighted by Crippen LogP contribution is -2.08. The van der Waals surface area contributed by atoms with Gasteiger partial charge in [-0.2, -0.15) is 0 Å². The summed E-state index contributed by atoms with van der Waals surface area (Å²) in [6, 6.07) is 3.79. The maximum absolute atomic E-state index is 5.40. The van der Waals surface area contributed by atoms with E-state index in [1.54, 1.807) is 0 Å². The van der Waals surface area contributed by atoms with Gasteiger partial charge in [0.1, 0.15) is 16.0 Å². The summed E-state index contributed by atoms with van der Waals surface area (Å²) < 4.78 is 6.23. The van der Waals surface area contributed by atoms with E-state index in [0.717, 1.165) is 34.6 Å². The van der Waals surface area contributed by atoms with Crippen LogP contribution in [0.3, 0.4) is 0 Å². The van der Waals surface area contributed by atoms with Crippen LogP contribution in [0.15, 0.2) is 23.3 Å². The predicted molar refractivity (Wildman–Crippen MR) is 51.1 cm³/mol. The van der Waals surface area contributed by atoms with E-state index in [-0.39, 0.29) is 0 Å². The zero-order valence-electron chi connectivity index (χ0n) is 6.51. The molecule has 0 aromatic carbocycles. The van der Waals surface area contributed by atoms with E-state index in [1.165, 1.54) is 0 Å². The lowest BCUT2D eigenvalue weighted by molar-refractivity contribution is 0.314. The van der Waals surface area contributed by atoms with Crippen LogP contribution in [-0.4, -0.2) is 11.6 Å². The molecule has 2 heterocycles. The number of halogens is 1. The minimum atomic E-state index is 0.717. The van der Waals surface area contributed by atoms with Crippen LogP contribution >= 0.6 is 15.9 Å². The number of hydrogen-bond donors (Lipinski definition) is 0. The molecule has 2 nitrogen and oxygen atoms in total. The second-order valence-electron chi connectivity index (χ2n) is 2.68. The Morgan fingerprint density at radius 2 is 2.33 bits per heavy atom. The van der Waals surface area contributed by atoms with Crippen molar-refractivity contribution in [1.29, 1.82) is 0 Å². The molecule has 62 valence electrons. The first-order valence-electron chi connectivity index (χ1n) is 3.75. The van der Waals surface area contributed by atoms with Crippen molar-refractivity contribution in [2.75, 3.05) is 6.61 Å². The Bertz CT molecular complexity index is 335. The molecule has 1 aromatic rings. The average Bonchev–Trinajstić information content (AvgIpc) is 2.07. The van der Waals surface area contributed by atoms with Crippen molar-refractivity contribution >= 4 is 21.5 Å². The first-order chi connectivity index (χ1) is 5.77. The zero-order chi connectivity index (χ0) is 8.55. The van der Waals surface area contributed by atoms with Gasteiger partial charge in [-0.15, -0.1) is 0 Å². The molecule has 0 bridgehead atoms. The summed E-state index contributed by atoms with van der Waals surface area (Å²) in [5, 5.41) is 0. The molecule has 12 heavy (non-hydrogen) atoms. The van der Waals surface area contributed by atoms with Crippen molar-refractivity contribution < 1.29 is 4.74 Å². The summed E-state index contributed by atoms with van der Waals surface area (Å²) in [7, 11) is 0. The van der Waals surface area contributed by atoms with Crippen molar-refractivity contribution in [1.82, 2.24) is 4.98 Å². The fraction of sp³-hybridized carbons (Fsp3) is 0.222. The Morgan fingerprint density at radius 1 is 1.50 bits per heavy atom. The fourth-order valence-corrected chi connectivity index (χ4v) is 1.50. The standard InChI is InChI=1S/C9H8BrNO/c1-6-4-5-12-7-2-3-8(10)11-9(6)7/h2-3H,1,4-5H2. The minimum Gasteiger partial charge on any atom is -0.491 e. The normalized spacial score (nSPS) is 15.2. The third-order valence-electron chi connectivity index (χ3n) is 1.82. The van der Waals surface area contributed by atoms with Crippen LogP contribution in [0.4, 0.5) is 0 Å². The minimum absolute atomic E-state index is 0.717. The molecule has 0 radical (unpaired) electrons. The number of pyridine rings is 1. The lowest BCUT2D eigenvalue weighted by atomic mass is 10.1. The smallest absolute Gasteiger partial charge is 0.145 e. The number of aromatic nitrogens is 1. The number of ether oxygens (including phenoxy) is 1. The average molecular weight is 226 g/mol. The molecule has 0 aliphatic carbocycles. The molecule has 0 fully saturated rings. The molecule has 0 unspecified atom stereocenters. The molecule has 3 heteroatoms. The van der Waals surface area contributed by atoms with Gasteiger partial charge < -0.3 is 4.74 Å². The first kappa shape index (κ1) is 7.80. The van der Waals surface area contributed by atoms with Gasteiger partial charge in [-0.25, -0.2) is 4.98 Å². The monoisotopic (exact) mass is 225 g/mol. The molecule has 1 aliphatic heterocycles. The van der Waals surface area contributed by atoms with Crippen molar-refractivity contribution in [3.05, 3.63) is 29.0 Å². The molecule has 0 saturated carbocycles. The second kappa shape index (κ2) is 2.90. The van der Waals surface area contributed by atoms with Gasteiger partial charge in [0.25, 0.3) is 0 Å². The van der Waals surface area contributed by atoms with Crippen LogP contribution in [0.1, 0.15) is 12.1 Å². The highest BCUT2D eigenvalue weighted by Crippen LogP contribution is 2.30. The Morgan fingerprint density at radius 3 is 3.17 bits per heavy atom. The third kappa shape index (κ3) is 1.25. The van der Waals surface area contributed by atoms with Gasteiger partial charge in [0.2, 0.25) is 0 Å². The van der Waals surface area contributed by atoms with Crippen molar-refractivity contribution in [2.24, 2.45) is 0 Å². The summed E-state index contributed by atoms with van der Waals surface area (Å²) in [6.07, 6.45) is 0.871. The van der Waals surface area contributed by atoms with E-state index < -0.39 is 0 Å². The molecule has 0 saturated heterocycles. The van der Waals surface area contributed by atoms with Gasteiger partial charge in [0.05, 0.1) is 6.61 Å². The van der Waals surface area contributed by atoms with Gasteiger partial charge in [-0.3, -0.25) is 0 Å². The Hall–Kier alpha value is -0.830. The summed E-state index contributed by atoms with van der Waals surface area (Å²) in [5.74, 6) is 0.842. The molecular formula is C9H8BrNO. The number of rotatable bonds is 0. The number of nitrogens with zero attached hydrogens (tertiary/aromatic N) is 1. The first-order valence-corrected chi connectivity index (χ1v) is 4.54. The van der Waals surface area contributed by atoms with E-state index in [1.807, 2.05) is 12.1 Å². The van der Waals surface area contributed by atoms with E-state index in [0.29, 0.717) is 0 Å². The van der Waals surface area contributed by atoms with E-state index in [9.17, 15) is 0 Å². The van der Waals surface area contributed by atoms with Gasteiger partial charge in [-0.1, -0.05) is 6.58 Å². The Balaban J connectivity index is 2.54. The predicted octanol–water partition coefficient (Wildman–Crippen LogP) is 2.64. The Kier molecular flexibility index (Phi) is 1.89. The molecule has 2 rings (SSSR count). The molecule has 0 atom stereocenters. The van der Waals surface area contributed by atoms with Crippen molar-refractivity contribution in [2.45, 2.75) is 6.42 Å². The highest BCUT2D eigenvalue weighted by Gasteiger charge is 2.14. The quantitative estimate of drug-likeness (QED) is 0.634. The summed E-state index contributed by atoms with van der Waals surface area (Å²) in [4.78, 5) is 4.29. The highest BCUT2D eigenvalue weighted by molar-refractivity contribution is 9.10. The molecule has 0 N–H and O–H groups in total. The summed E-state index contributed by atoms with van der Waals surface area (Å²) in [5.41, 5.74) is 1.94. The van der Waals surface area contributed by atoms with Crippen LogP contribution in [0, 0.1) is 0 Å². The molecule has 1 aromatic heterocycles. The fourth-order valence-electron chi connectivity index (χ4n) is 1.19. The van der Waals surface area contributed by atoms with Crippen molar-refractivity contribution in [3.63, 3.8) is 0 Å². The Labute approximate surface area is 79.4 Å². The third-order valence-corrected chi connectivity index (χ3v) is 2.26. The SMILES string of the molecule is C=C1CCOc2ccc(Br)nc21. The largest absolute Gasteiger partial charge is 0.491 e. The van der Waals surface area contributed by atoms with Crippen LogP contribution in [0.5, 0.6) is 5.75 Å². The zero-order valence-corrected chi connectivity index (χ0v) is 8.10. The summed E-state index contributed by atoms with van der Waals surface area (Å²) >= 11 is 3.31. The van der Waals surface area contributed by atoms with Crippen LogP contribution in [0.25, 0.3) is 5.57 Å². The molecule has 0 spiro atoms. The molecule has 0 amide bonds. The van der Waals surface area contributed by atoms with Crippen LogP contribution in [0.2, 0.25) is 0 Å². The van der Waals surface area contributed by atoms with Crippen molar-refractivity contribution in [3.8, 4) is 5.75 Å². The van der Waals surface area contributed by atoms with E-state index in [2.05, 4.69) is 27.5 Å². The van der Waals surface area contributed by atoms with Crippen LogP contribution in [-0.2, 0) is 0 Å². The second-order valence-corrected chi connectivity index (χ2v) is 3.50. The van der Waals surface area contributed by atoms with Gasteiger partial charge in [-0.05, 0) is 33.6 Å². The topological polar surface area (TPSA) is 22.1 Å². The van der Waals surface area contributed by atoms with E-state index >= 15 is 0 Å². The maximum Gasteiger partial charge on any atom is 0.145 e. The number of fused-ring (bicyclic) bond motifs is 1.